The predicted molar refractivity (Wildman–Crippen MR) is 121 cm³/mol. The van der Waals surface area contributed by atoms with E-state index in [2.05, 4.69) is 0 Å². The Kier molecular flexibility index (Phi) is 6.68. The molecule has 0 spiro atoms. The quantitative estimate of drug-likeness (QED) is 0.499. The fraction of sp³-hybridized carbons (Fsp3) is 0.111. The summed E-state index contributed by atoms with van der Waals surface area (Å²) >= 11 is 0. The molecule has 1 fully saturated rings. The number of ether oxygens (including phenoxy) is 3. The van der Waals surface area contributed by atoms with Crippen LogP contribution >= 0.6 is 0 Å². The zero-order valence-electron chi connectivity index (χ0n) is 16.6. The highest BCUT2D eigenvalue weighted by molar-refractivity contribution is 5.55. The van der Waals surface area contributed by atoms with Crippen molar-refractivity contribution in [3.63, 3.8) is 0 Å². The largest absolute Gasteiger partial charge is 0.323 e. The molecule has 0 N–H and O–H groups in total. The second kappa shape index (κ2) is 9.99. The molecule has 0 amide bonds. The first-order valence-electron chi connectivity index (χ1n) is 9.97. The lowest BCUT2D eigenvalue weighted by Gasteiger charge is -2.36. The van der Waals surface area contributed by atoms with E-state index < -0.39 is 12.1 Å². The van der Waals surface area contributed by atoms with Gasteiger partial charge in [0.05, 0.1) is 0 Å². The summed E-state index contributed by atoms with van der Waals surface area (Å²) < 4.78 is 17.8. The van der Waals surface area contributed by atoms with Gasteiger partial charge in [0.2, 0.25) is 5.79 Å². The molecule has 3 nitrogen and oxygen atoms in total. The standard InChI is InChI=1S/C27H24O3/c1-4-10-23(11-5-1)16-17-26-28-22-29-27(30-26,20-18-24-12-6-2-7-13-24)21-19-25-14-8-3-9-15-25/h1-21,26H,22H2. The van der Waals surface area contributed by atoms with E-state index in [-0.39, 0.29) is 6.79 Å². The average Bonchev–Trinajstić information content (AvgIpc) is 2.83. The summed E-state index contributed by atoms with van der Waals surface area (Å²) in [6.07, 6.45) is 11.2. The summed E-state index contributed by atoms with van der Waals surface area (Å²) in [7, 11) is 0. The van der Waals surface area contributed by atoms with Crippen LogP contribution in [0.15, 0.2) is 109 Å². The molecular weight excluding hydrogens is 372 g/mol. The Hall–Kier alpha value is -3.24. The Balaban J connectivity index is 1.58. The Morgan fingerprint density at radius 2 is 1.10 bits per heavy atom. The fourth-order valence-corrected chi connectivity index (χ4v) is 3.07. The van der Waals surface area contributed by atoms with Crippen molar-refractivity contribution in [3.8, 4) is 0 Å². The molecule has 1 heterocycles. The summed E-state index contributed by atoms with van der Waals surface area (Å²) in [4.78, 5) is 0. The first-order valence-corrected chi connectivity index (χ1v) is 9.97. The molecule has 1 unspecified atom stereocenters. The van der Waals surface area contributed by atoms with E-state index in [1.165, 1.54) is 0 Å². The number of benzene rings is 3. The molecule has 150 valence electrons. The van der Waals surface area contributed by atoms with E-state index in [4.69, 9.17) is 14.2 Å². The molecule has 1 aliphatic heterocycles. The van der Waals surface area contributed by atoms with Crippen LogP contribution in [0.3, 0.4) is 0 Å². The zero-order valence-corrected chi connectivity index (χ0v) is 16.6. The molecule has 3 aromatic rings. The van der Waals surface area contributed by atoms with Crippen molar-refractivity contribution in [2.24, 2.45) is 0 Å². The highest BCUT2D eigenvalue weighted by atomic mass is 16.9. The molecule has 0 aliphatic carbocycles. The predicted octanol–water partition coefficient (Wildman–Crippen LogP) is 6.17. The number of hydrogen-bond acceptors (Lipinski definition) is 3. The minimum atomic E-state index is -1.03. The van der Waals surface area contributed by atoms with E-state index in [0.717, 1.165) is 16.7 Å². The van der Waals surface area contributed by atoms with Gasteiger partial charge in [-0.2, -0.15) is 0 Å². The van der Waals surface area contributed by atoms with E-state index in [1.54, 1.807) is 0 Å². The molecule has 30 heavy (non-hydrogen) atoms. The Bertz CT molecular complexity index is 943. The first-order chi connectivity index (χ1) is 14.8. The highest BCUT2D eigenvalue weighted by Gasteiger charge is 2.34. The zero-order chi connectivity index (χ0) is 20.5. The third kappa shape index (κ3) is 5.65. The smallest absolute Gasteiger partial charge is 0.213 e. The van der Waals surface area contributed by atoms with Crippen molar-refractivity contribution in [2.45, 2.75) is 12.1 Å². The topological polar surface area (TPSA) is 27.7 Å². The summed E-state index contributed by atoms with van der Waals surface area (Å²) in [6, 6.07) is 30.2. The van der Waals surface area contributed by atoms with Crippen molar-refractivity contribution in [2.75, 3.05) is 6.79 Å². The third-order valence-electron chi connectivity index (χ3n) is 4.68. The van der Waals surface area contributed by atoms with Gasteiger partial charge in [0.25, 0.3) is 0 Å². The number of hydrogen-bond donors (Lipinski definition) is 0. The van der Waals surface area contributed by atoms with Gasteiger partial charge in [-0.05, 0) is 34.9 Å². The summed E-state index contributed by atoms with van der Waals surface area (Å²) in [6.45, 7) is 0.127. The van der Waals surface area contributed by atoms with Gasteiger partial charge >= 0.3 is 0 Å². The lowest BCUT2D eigenvalue weighted by molar-refractivity contribution is -0.345. The SMILES string of the molecule is C(=CC1OCOC(C=Cc2ccccc2)(C=Cc2ccccc2)O1)c1ccccc1. The fourth-order valence-electron chi connectivity index (χ4n) is 3.07. The van der Waals surface area contributed by atoms with Gasteiger partial charge in [-0.1, -0.05) is 109 Å². The van der Waals surface area contributed by atoms with Crippen LogP contribution in [0.1, 0.15) is 16.7 Å². The average molecular weight is 396 g/mol. The van der Waals surface area contributed by atoms with Gasteiger partial charge in [-0.15, -0.1) is 0 Å². The molecule has 1 aliphatic rings. The summed E-state index contributed by atoms with van der Waals surface area (Å²) in [5, 5.41) is 0. The second-order valence-electron chi connectivity index (χ2n) is 6.89. The lowest BCUT2D eigenvalue weighted by Crippen LogP contribution is -2.42. The lowest BCUT2D eigenvalue weighted by atomic mass is 10.1. The highest BCUT2D eigenvalue weighted by Crippen LogP contribution is 2.28. The van der Waals surface area contributed by atoms with Gasteiger partial charge in [-0.25, -0.2) is 0 Å². The van der Waals surface area contributed by atoms with Crippen molar-refractivity contribution >= 4 is 18.2 Å². The van der Waals surface area contributed by atoms with Gasteiger partial charge in [0.1, 0.15) is 0 Å². The van der Waals surface area contributed by atoms with Crippen molar-refractivity contribution in [3.05, 3.63) is 126 Å². The Morgan fingerprint density at radius 1 is 0.633 bits per heavy atom. The van der Waals surface area contributed by atoms with Crippen LogP contribution in [0.5, 0.6) is 0 Å². The molecule has 0 aromatic heterocycles. The first kappa shape index (κ1) is 20.0. The maximum absolute atomic E-state index is 6.23. The van der Waals surface area contributed by atoms with E-state index in [0.29, 0.717) is 0 Å². The Morgan fingerprint density at radius 3 is 1.60 bits per heavy atom. The van der Waals surface area contributed by atoms with Crippen LogP contribution in [0.2, 0.25) is 0 Å². The molecular formula is C27H24O3. The molecule has 0 saturated carbocycles. The van der Waals surface area contributed by atoms with Gasteiger partial charge in [-0.3, -0.25) is 0 Å². The van der Waals surface area contributed by atoms with Crippen LogP contribution in [0.25, 0.3) is 18.2 Å². The molecule has 3 aromatic carbocycles. The van der Waals surface area contributed by atoms with Gasteiger partial charge < -0.3 is 14.2 Å². The van der Waals surface area contributed by atoms with Crippen LogP contribution in [0.4, 0.5) is 0 Å². The summed E-state index contributed by atoms with van der Waals surface area (Å²) in [5.41, 5.74) is 3.22. The van der Waals surface area contributed by atoms with Crippen molar-refractivity contribution < 1.29 is 14.2 Å². The van der Waals surface area contributed by atoms with Gasteiger partial charge in [0, 0.05) is 0 Å². The maximum atomic E-state index is 6.23. The second-order valence-corrected chi connectivity index (χ2v) is 6.89. The Labute approximate surface area is 177 Å². The molecule has 0 bridgehead atoms. The van der Waals surface area contributed by atoms with Crippen LogP contribution < -0.4 is 0 Å². The summed E-state index contributed by atoms with van der Waals surface area (Å²) in [5.74, 6) is -1.03. The molecule has 3 heteroatoms. The van der Waals surface area contributed by atoms with E-state index in [1.807, 2.05) is 127 Å². The van der Waals surface area contributed by atoms with Crippen molar-refractivity contribution in [1.29, 1.82) is 0 Å². The molecule has 1 atom stereocenters. The number of rotatable bonds is 6. The van der Waals surface area contributed by atoms with Gasteiger partial charge in [0.15, 0.2) is 13.1 Å². The molecule has 4 rings (SSSR count). The normalized spacial score (nSPS) is 22.2. The van der Waals surface area contributed by atoms with Crippen molar-refractivity contribution in [1.82, 2.24) is 0 Å². The molecule has 0 radical (unpaired) electrons. The molecule has 1 saturated heterocycles. The monoisotopic (exact) mass is 396 g/mol. The van der Waals surface area contributed by atoms with Crippen LogP contribution in [-0.2, 0) is 14.2 Å². The minimum absolute atomic E-state index is 0.127. The minimum Gasteiger partial charge on any atom is -0.323 e. The van der Waals surface area contributed by atoms with E-state index in [9.17, 15) is 0 Å². The third-order valence-corrected chi connectivity index (χ3v) is 4.68. The van der Waals surface area contributed by atoms with Crippen LogP contribution in [0, 0.1) is 0 Å². The van der Waals surface area contributed by atoms with E-state index >= 15 is 0 Å². The van der Waals surface area contributed by atoms with Crippen LogP contribution in [-0.4, -0.2) is 18.9 Å². The maximum Gasteiger partial charge on any atom is 0.213 e.